The van der Waals surface area contributed by atoms with E-state index in [0.29, 0.717) is 23.9 Å². The lowest BCUT2D eigenvalue weighted by Crippen LogP contribution is -2.30. The van der Waals surface area contributed by atoms with Gasteiger partial charge in [-0.2, -0.15) is 0 Å². The van der Waals surface area contributed by atoms with Crippen LogP contribution in [0.3, 0.4) is 0 Å². The number of carbonyl (C=O) groups is 1. The van der Waals surface area contributed by atoms with Crippen molar-refractivity contribution in [1.29, 1.82) is 0 Å². The molecule has 0 radical (unpaired) electrons. The Hall–Kier alpha value is -1.49. The largest absolute Gasteiger partial charge is 0.465 e. The number of nitrogens with one attached hydrogen (secondary N) is 1. The van der Waals surface area contributed by atoms with E-state index < -0.39 is 6.09 Å². The monoisotopic (exact) mass is 241 g/mol. The Labute approximate surface area is 98.0 Å². The van der Waals surface area contributed by atoms with E-state index in [-0.39, 0.29) is 6.04 Å². The van der Waals surface area contributed by atoms with Crippen LogP contribution in [0.1, 0.15) is 6.42 Å². The first-order valence-electron chi connectivity index (χ1n) is 5.02. The van der Waals surface area contributed by atoms with E-state index in [1.165, 1.54) is 4.90 Å². The SMILES string of the molecule is O=C(O)N1CCC(Nc2ncccc2Cl)C1. The Morgan fingerprint density at radius 2 is 2.50 bits per heavy atom. The molecule has 1 aliphatic rings. The zero-order chi connectivity index (χ0) is 11.5. The van der Waals surface area contributed by atoms with Gasteiger partial charge in [0.25, 0.3) is 0 Å². The highest BCUT2D eigenvalue weighted by Gasteiger charge is 2.26. The molecule has 1 aliphatic heterocycles. The van der Waals surface area contributed by atoms with Gasteiger partial charge in [0.1, 0.15) is 5.82 Å². The minimum Gasteiger partial charge on any atom is -0.465 e. The van der Waals surface area contributed by atoms with Crippen LogP contribution >= 0.6 is 11.6 Å². The second-order valence-electron chi connectivity index (χ2n) is 3.69. The molecule has 1 atom stereocenters. The van der Waals surface area contributed by atoms with Gasteiger partial charge in [-0.3, -0.25) is 0 Å². The van der Waals surface area contributed by atoms with Crippen molar-refractivity contribution in [3.63, 3.8) is 0 Å². The van der Waals surface area contributed by atoms with Crippen LogP contribution < -0.4 is 5.32 Å². The zero-order valence-electron chi connectivity index (χ0n) is 8.56. The first-order chi connectivity index (χ1) is 7.66. The second-order valence-corrected chi connectivity index (χ2v) is 4.10. The molecule has 0 aromatic carbocycles. The van der Waals surface area contributed by atoms with Gasteiger partial charge in [0, 0.05) is 25.3 Å². The zero-order valence-corrected chi connectivity index (χ0v) is 9.31. The van der Waals surface area contributed by atoms with Gasteiger partial charge in [0.2, 0.25) is 0 Å². The van der Waals surface area contributed by atoms with Gasteiger partial charge in [0.15, 0.2) is 0 Å². The predicted molar refractivity (Wildman–Crippen MR) is 60.9 cm³/mol. The molecule has 1 unspecified atom stereocenters. The van der Waals surface area contributed by atoms with Gasteiger partial charge >= 0.3 is 6.09 Å². The molecule has 0 bridgehead atoms. The van der Waals surface area contributed by atoms with Crippen molar-refractivity contribution in [2.24, 2.45) is 0 Å². The normalized spacial score (nSPS) is 19.8. The molecule has 0 aliphatic carbocycles. The van der Waals surface area contributed by atoms with E-state index in [0.717, 1.165) is 6.42 Å². The molecule has 16 heavy (non-hydrogen) atoms. The number of anilines is 1. The molecule has 5 nitrogen and oxygen atoms in total. The third-order valence-corrected chi connectivity index (χ3v) is 2.86. The van der Waals surface area contributed by atoms with Gasteiger partial charge in [-0.1, -0.05) is 11.6 Å². The van der Waals surface area contributed by atoms with Crippen LogP contribution in [0.2, 0.25) is 5.02 Å². The predicted octanol–water partition coefficient (Wildman–Crippen LogP) is 1.90. The Kier molecular flexibility index (Phi) is 3.14. The molecule has 2 N–H and O–H groups in total. The van der Waals surface area contributed by atoms with Crippen molar-refractivity contribution in [3.8, 4) is 0 Å². The number of aromatic nitrogens is 1. The van der Waals surface area contributed by atoms with E-state index in [1.807, 2.05) is 0 Å². The van der Waals surface area contributed by atoms with Crippen LogP contribution in [0.15, 0.2) is 18.3 Å². The highest BCUT2D eigenvalue weighted by atomic mass is 35.5. The number of likely N-dealkylation sites (tertiary alicyclic amines) is 1. The number of halogens is 1. The molecular formula is C10H12ClN3O2. The summed E-state index contributed by atoms with van der Waals surface area (Å²) in [7, 11) is 0. The molecule has 1 amide bonds. The summed E-state index contributed by atoms with van der Waals surface area (Å²) in [5.41, 5.74) is 0. The summed E-state index contributed by atoms with van der Waals surface area (Å²) in [6, 6.07) is 3.59. The molecule has 1 aromatic heterocycles. The Balaban J connectivity index is 1.97. The number of carboxylic acid groups (broad SMARTS) is 1. The summed E-state index contributed by atoms with van der Waals surface area (Å²) in [5.74, 6) is 0.612. The van der Waals surface area contributed by atoms with Crippen molar-refractivity contribution in [1.82, 2.24) is 9.88 Å². The standard InChI is InChI=1S/C10H12ClN3O2/c11-8-2-1-4-12-9(8)13-7-3-5-14(6-7)10(15)16/h1-2,4,7H,3,5-6H2,(H,12,13)(H,15,16). The molecule has 2 rings (SSSR count). The quantitative estimate of drug-likeness (QED) is 0.830. The van der Waals surface area contributed by atoms with E-state index >= 15 is 0 Å². The van der Waals surface area contributed by atoms with Crippen molar-refractivity contribution < 1.29 is 9.90 Å². The van der Waals surface area contributed by atoms with Crippen molar-refractivity contribution in [2.75, 3.05) is 18.4 Å². The molecule has 1 fully saturated rings. The van der Waals surface area contributed by atoms with Crippen LogP contribution in [0.5, 0.6) is 0 Å². The molecule has 1 aromatic rings. The molecule has 86 valence electrons. The Morgan fingerprint density at radius 3 is 3.12 bits per heavy atom. The summed E-state index contributed by atoms with van der Waals surface area (Å²) in [6.07, 6.45) is 1.55. The molecule has 0 saturated carbocycles. The van der Waals surface area contributed by atoms with E-state index in [1.54, 1.807) is 18.3 Å². The fourth-order valence-electron chi connectivity index (χ4n) is 1.74. The number of amides is 1. The van der Waals surface area contributed by atoms with Gasteiger partial charge in [-0.05, 0) is 18.6 Å². The molecule has 2 heterocycles. The lowest BCUT2D eigenvalue weighted by molar-refractivity contribution is 0.155. The summed E-state index contributed by atoms with van der Waals surface area (Å²) in [6.45, 7) is 1.03. The van der Waals surface area contributed by atoms with Crippen LogP contribution in [-0.4, -0.2) is 40.2 Å². The third kappa shape index (κ3) is 2.36. The minimum atomic E-state index is -0.878. The van der Waals surface area contributed by atoms with Gasteiger partial charge < -0.3 is 15.3 Å². The maximum absolute atomic E-state index is 10.7. The lowest BCUT2D eigenvalue weighted by Gasteiger charge is -2.14. The third-order valence-electron chi connectivity index (χ3n) is 2.56. The Morgan fingerprint density at radius 1 is 1.69 bits per heavy atom. The van der Waals surface area contributed by atoms with Crippen molar-refractivity contribution in [2.45, 2.75) is 12.5 Å². The summed E-state index contributed by atoms with van der Waals surface area (Å²) < 4.78 is 0. The van der Waals surface area contributed by atoms with E-state index in [2.05, 4.69) is 10.3 Å². The van der Waals surface area contributed by atoms with Crippen molar-refractivity contribution >= 4 is 23.5 Å². The second kappa shape index (κ2) is 4.57. The number of hydrogen-bond acceptors (Lipinski definition) is 3. The average molecular weight is 242 g/mol. The minimum absolute atomic E-state index is 0.0866. The summed E-state index contributed by atoms with van der Waals surface area (Å²) in [5, 5.41) is 12.5. The van der Waals surface area contributed by atoms with Crippen LogP contribution in [0.4, 0.5) is 10.6 Å². The molecule has 6 heteroatoms. The first kappa shape index (κ1) is 11.0. The molecule has 0 spiro atoms. The average Bonchev–Trinajstić information content (AvgIpc) is 2.70. The summed E-state index contributed by atoms with van der Waals surface area (Å²) in [4.78, 5) is 16.2. The Bertz CT molecular complexity index is 399. The van der Waals surface area contributed by atoms with Crippen LogP contribution in [0, 0.1) is 0 Å². The topological polar surface area (TPSA) is 65.5 Å². The highest BCUT2D eigenvalue weighted by Crippen LogP contribution is 2.21. The summed E-state index contributed by atoms with van der Waals surface area (Å²) >= 11 is 5.95. The first-order valence-corrected chi connectivity index (χ1v) is 5.39. The van der Waals surface area contributed by atoms with Crippen LogP contribution in [0.25, 0.3) is 0 Å². The van der Waals surface area contributed by atoms with Crippen molar-refractivity contribution in [3.05, 3.63) is 23.4 Å². The highest BCUT2D eigenvalue weighted by molar-refractivity contribution is 6.32. The number of hydrogen-bond donors (Lipinski definition) is 2. The maximum atomic E-state index is 10.7. The van der Waals surface area contributed by atoms with Crippen LogP contribution in [-0.2, 0) is 0 Å². The maximum Gasteiger partial charge on any atom is 0.407 e. The molecule has 1 saturated heterocycles. The van der Waals surface area contributed by atoms with Gasteiger partial charge in [-0.25, -0.2) is 9.78 Å². The van der Waals surface area contributed by atoms with Gasteiger partial charge in [0.05, 0.1) is 5.02 Å². The van der Waals surface area contributed by atoms with E-state index in [4.69, 9.17) is 16.7 Å². The number of pyridine rings is 1. The smallest absolute Gasteiger partial charge is 0.407 e. The van der Waals surface area contributed by atoms with Gasteiger partial charge in [-0.15, -0.1) is 0 Å². The number of rotatable bonds is 2. The lowest BCUT2D eigenvalue weighted by atomic mass is 10.2. The fourth-order valence-corrected chi connectivity index (χ4v) is 1.91. The fraction of sp³-hybridized carbons (Fsp3) is 0.400. The van der Waals surface area contributed by atoms with E-state index in [9.17, 15) is 4.79 Å². The number of nitrogens with zero attached hydrogens (tertiary/aromatic N) is 2. The molecular weight excluding hydrogens is 230 g/mol.